The van der Waals surface area contributed by atoms with Crippen LogP contribution in [0, 0.1) is 6.92 Å². The Balaban J connectivity index is 2.42. The molecule has 2 aromatic rings. The van der Waals surface area contributed by atoms with Crippen LogP contribution in [0.1, 0.15) is 48.2 Å². The third-order valence-corrected chi connectivity index (χ3v) is 6.52. The maximum absolute atomic E-state index is 13.1. The molecule has 0 bridgehead atoms. The Labute approximate surface area is 196 Å². The van der Waals surface area contributed by atoms with Gasteiger partial charge in [0.25, 0.3) is 5.91 Å². The summed E-state index contributed by atoms with van der Waals surface area (Å²) in [6.45, 7) is 8.84. The molecule has 0 radical (unpaired) electrons. The lowest BCUT2D eigenvalue weighted by molar-refractivity contribution is -0.139. The number of carbonyl (C=O) groups is 2. The molecule has 0 aliphatic heterocycles. The maximum Gasteiger partial charge on any atom is 0.326 e. The molecule has 0 saturated carbocycles. The van der Waals surface area contributed by atoms with E-state index in [0.29, 0.717) is 5.56 Å². The first kappa shape index (κ1) is 26.5. The van der Waals surface area contributed by atoms with E-state index in [2.05, 4.69) is 24.1 Å². The lowest BCUT2D eigenvalue weighted by Gasteiger charge is -2.21. The van der Waals surface area contributed by atoms with Gasteiger partial charge in [0.05, 0.1) is 5.75 Å². The molecule has 0 spiro atoms. The summed E-state index contributed by atoms with van der Waals surface area (Å²) in [6.07, 6.45) is 1.89. The first-order valence-electron chi connectivity index (χ1n) is 11.2. The normalized spacial score (nSPS) is 12.5. The Kier molecular flexibility index (Phi) is 9.61. The molecule has 7 nitrogen and oxygen atoms in total. The Bertz CT molecular complexity index is 1080. The molecule has 1 atom stereocenters. The predicted molar refractivity (Wildman–Crippen MR) is 131 cm³/mol. The molecule has 1 amide bonds. The van der Waals surface area contributed by atoms with Gasteiger partial charge < -0.3 is 10.4 Å². The summed E-state index contributed by atoms with van der Waals surface area (Å²) in [5.41, 5.74) is 4.04. The maximum atomic E-state index is 13.1. The van der Waals surface area contributed by atoms with Crippen molar-refractivity contribution in [2.75, 3.05) is 25.1 Å². The first-order valence-corrected chi connectivity index (χ1v) is 13.2. The molecule has 0 heterocycles. The van der Waals surface area contributed by atoms with Crippen LogP contribution in [-0.2, 0) is 21.2 Å². The average Bonchev–Trinajstić information content (AvgIpc) is 2.75. The van der Waals surface area contributed by atoms with Crippen molar-refractivity contribution in [3.8, 4) is 11.1 Å². The van der Waals surface area contributed by atoms with Crippen LogP contribution in [0.25, 0.3) is 11.1 Å². The molecule has 0 aromatic heterocycles. The predicted octanol–water partition coefficient (Wildman–Crippen LogP) is 3.51. The third-order valence-electron chi connectivity index (χ3n) is 5.54. The summed E-state index contributed by atoms with van der Waals surface area (Å²) < 4.78 is 23.0. The van der Waals surface area contributed by atoms with Crippen LogP contribution in [-0.4, -0.2) is 61.4 Å². The monoisotopic (exact) mass is 474 g/mol. The Morgan fingerprint density at radius 3 is 2.36 bits per heavy atom. The van der Waals surface area contributed by atoms with Gasteiger partial charge in [-0.05, 0) is 67.2 Å². The molecule has 2 N–H and O–H groups in total. The lowest BCUT2D eigenvalue weighted by Crippen LogP contribution is -2.42. The number of carboxylic acids is 1. The summed E-state index contributed by atoms with van der Waals surface area (Å²) in [4.78, 5) is 27.1. The zero-order chi connectivity index (χ0) is 24.6. The molecular weight excluding hydrogens is 440 g/mol. The van der Waals surface area contributed by atoms with Gasteiger partial charge in [-0.15, -0.1) is 0 Å². The van der Waals surface area contributed by atoms with Crippen LogP contribution in [0.3, 0.4) is 0 Å². The zero-order valence-electron chi connectivity index (χ0n) is 19.8. The number of carbonyl (C=O) groups excluding carboxylic acids is 1. The Hall–Kier alpha value is -2.71. The summed E-state index contributed by atoms with van der Waals surface area (Å²) in [5, 5.41) is 12.0. The number of benzene rings is 2. The first-order chi connectivity index (χ1) is 15.6. The lowest BCUT2D eigenvalue weighted by atomic mass is 9.93. The van der Waals surface area contributed by atoms with Crippen LogP contribution in [0.15, 0.2) is 42.5 Å². The minimum Gasteiger partial charge on any atom is -0.480 e. The van der Waals surface area contributed by atoms with E-state index >= 15 is 0 Å². The van der Waals surface area contributed by atoms with Crippen LogP contribution in [0.2, 0.25) is 0 Å². The number of sulfone groups is 1. The molecule has 8 heteroatoms. The van der Waals surface area contributed by atoms with Crippen molar-refractivity contribution in [2.45, 2.75) is 46.2 Å². The van der Waals surface area contributed by atoms with Crippen molar-refractivity contribution in [3.63, 3.8) is 0 Å². The highest BCUT2D eigenvalue weighted by atomic mass is 32.2. The van der Waals surface area contributed by atoms with Gasteiger partial charge in [-0.1, -0.05) is 44.2 Å². The van der Waals surface area contributed by atoms with E-state index in [1.807, 2.05) is 43.3 Å². The molecule has 0 fully saturated rings. The van der Waals surface area contributed by atoms with Crippen LogP contribution >= 0.6 is 0 Å². The summed E-state index contributed by atoms with van der Waals surface area (Å²) in [7, 11) is -3.35. The molecule has 0 aliphatic carbocycles. The highest BCUT2D eigenvalue weighted by Gasteiger charge is 2.24. The number of carboxylic acid groups (broad SMARTS) is 1. The SMILES string of the molecule is CCCN(CC)Cc1ccc(C(=O)NC(CCS(C)(=O)=O)C(=O)O)c(-c2ccccc2C)c1. The van der Waals surface area contributed by atoms with Gasteiger partial charge in [0.2, 0.25) is 0 Å². The number of nitrogens with one attached hydrogen (secondary N) is 1. The number of hydrogen-bond donors (Lipinski definition) is 2. The molecule has 2 rings (SSSR count). The van der Waals surface area contributed by atoms with Gasteiger partial charge in [0, 0.05) is 18.4 Å². The molecular formula is C25H34N2O5S. The van der Waals surface area contributed by atoms with Crippen molar-refractivity contribution in [2.24, 2.45) is 0 Å². The van der Waals surface area contributed by atoms with E-state index in [9.17, 15) is 23.1 Å². The highest BCUT2D eigenvalue weighted by molar-refractivity contribution is 7.90. The van der Waals surface area contributed by atoms with E-state index in [0.717, 1.165) is 54.6 Å². The van der Waals surface area contributed by atoms with E-state index in [1.165, 1.54) is 0 Å². The summed E-state index contributed by atoms with van der Waals surface area (Å²) in [6, 6.07) is 12.0. The largest absolute Gasteiger partial charge is 0.480 e. The van der Waals surface area contributed by atoms with Crippen LogP contribution < -0.4 is 5.32 Å². The van der Waals surface area contributed by atoms with E-state index < -0.39 is 27.8 Å². The number of hydrogen-bond acceptors (Lipinski definition) is 5. The fourth-order valence-corrected chi connectivity index (χ4v) is 4.40. The topological polar surface area (TPSA) is 104 Å². The highest BCUT2D eigenvalue weighted by Crippen LogP contribution is 2.29. The van der Waals surface area contributed by atoms with Gasteiger partial charge in [0.1, 0.15) is 15.9 Å². The summed E-state index contributed by atoms with van der Waals surface area (Å²) in [5.74, 6) is -2.13. The number of rotatable bonds is 12. The van der Waals surface area contributed by atoms with Crippen LogP contribution in [0.5, 0.6) is 0 Å². The number of nitrogens with zero attached hydrogens (tertiary/aromatic N) is 1. The van der Waals surface area contributed by atoms with Gasteiger partial charge in [-0.25, -0.2) is 13.2 Å². The van der Waals surface area contributed by atoms with Gasteiger partial charge in [-0.2, -0.15) is 0 Å². The minimum atomic E-state index is -3.35. The molecule has 2 aromatic carbocycles. The standard InChI is InChI=1S/C25H34N2O5S/c1-5-14-27(6-2)17-19-11-12-21(22(16-19)20-10-8-7-9-18(20)3)24(28)26-23(25(29)30)13-15-33(4,31)32/h7-12,16,23H,5-6,13-15,17H2,1-4H3,(H,26,28)(H,29,30). The fraction of sp³-hybridized carbons (Fsp3) is 0.440. The van der Waals surface area contributed by atoms with E-state index in [4.69, 9.17) is 0 Å². The van der Waals surface area contributed by atoms with Crippen molar-refractivity contribution >= 4 is 21.7 Å². The Morgan fingerprint density at radius 2 is 1.79 bits per heavy atom. The van der Waals surface area contributed by atoms with Crippen molar-refractivity contribution < 1.29 is 23.1 Å². The van der Waals surface area contributed by atoms with Crippen molar-refractivity contribution in [3.05, 3.63) is 59.2 Å². The van der Waals surface area contributed by atoms with Gasteiger partial charge in [-0.3, -0.25) is 9.69 Å². The summed E-state index contributed by atoms with van der Waals surface area (Å²) >= 11 is 0. The number of aryl methyl sites for hydroxylation is 1. The Morgan fingerprint density at radius 1 is 1.09 bits per heavy atom. The molecule has 33 heavy (non-hydrogen) atoms. The molecule has 0 aliphatic rings. The van der Waals surface area contributed by atoms with Crippen molar-refractivity contribution in [1.82, 2.24) is 10.2 Å². The quantitative estimate of drug-likeness (QED) is 0.488. The van der Waals surface area contributed by atoms with Gasteiger partial charge >= 0.3 is 5.97 Å². The van der Waals surface area contributed by atoms with Crippen LogP contribution in [0.4, 0.5) is 0 Å². The number of amides is 1. The second-order valence-electron chi connectivity index (χ2n) is 8.35. The van der Waals surface area contributed by atoms with Crippen molar-refractivity contribution in [1.29, 1.82) is 0 Å². The van der Waals surface area contributed by atoms with E-state index in [-0.39, 0.29) is 12.2 Å². The average molecular weight is 475 g/mol. The zero-order valence-corrected chi connectivity index (χ0v) is 20.6. The molecule has 1 unspecified atom stereocenters. The fourth-order valence-electron chi connectivity index (χ4n) is 3.73. The smallest absolute Gasteiger partial charge is 0.326 e. The second kappa shape index (κ2) is 12.0. The van der Waals surface area contributed by atoms with E-state index in [1.54, 1.807) is 6.07 Å². The second-order valence-corrected chi connectivity index (χ2v) is 10.6. The van der Waals surface area contributed by atoms with Gasteiger partial charge in [0.15, 0.2) is 0 Å². The molecule has 0 saturated heterocycles. The molecule has 180 valence electrons. The third kappa shape index (κ3) is 7.98. The number of aliphatic carboxylic acids is 1. The minimum absolute atomic E-state index is 0.194.